The van der Waals surface area contributed by atoms with Crippen LogP contribution in [0.5, 0.6) is 5.88 Å². The lowest BCUT2D eigenvalue weighted by Crippen LogP contribution is -2.18. The first-order chi connectivity index (χ1) is 8.63. The van der Waals surface area contributed by atoms with Crippen LogP contribution in [0.15, 0.2) is 12.1 Å². The summed E-state index contributed by atoms with van der Waals surface area (Å²) in [6.45, 7) is 4.78. The lowest BCUT2D eigenvalue weighted by molar-refractivity contribution is 0.0994. The summed E-state index contributed by atoms with van der Waals surface area (Å²) in [6, 6.07) is 1.78. The van der Waals surface area contributed by atoms with Gasteiger partial charge in [-0.2, -0.15) is 0 Å². The van der Waals surface area contributed by atoms with Crippen LogP contribution >= 0.6 is 0 Å². The van der Waals surface area contributed by atoms with E-state index in [4.69, 9.17) is 10.5 Å². The molecular formula is C14H18N2O2. The van der Waals surface area contributed by atoms with Crippen molar-refractivity contribution in [3.63, 3.8) is 0 Å². The van der Waals surface area contributed by atoms with E-state index in [0.29, 0.717) is 12.5 Å². The first-order valence-electron chi connectivity index (χ1n) is 6.27. The highest BCUT2D eigenvalue weighted by Gasteiger charge is 2.19. The minimum atomic E-state index is -0.516. The van der Waals surface area contributed by atoms with Crippen molar-refractivity contribution in [3.8, 4) is 5.88 Å². The van der Waals surface area contributed by atoms with E-state index in [0.717, 1.165) is 36.0 Å². The number of hydrogen-bond donors (Lipinski definition) is 1. The summed E-state index contributed by atoms with van der Waals surface area (Å²) >= 11 is 0. The number of carbonyl (C=O) groups excluding carboxylic acids is 1. The number of nitrogens with two attached hydrogens (primary N) is 1. The molecule has 0 radical (unpaired) electrons. The molecule has 1 amide bonds. The summed E-state index contributed by atoms with van der Waals surface area (Å²) in [4.78, 5) is 15.5. The SMILES string of the molecule is CC/C=C(\C)c1cc(C(N)=O)nc2c1CCCO2. The average Bonchev–Trinajstić information content (AvgIpc) is 2.37. The number of nitrogens with zero attached hydrogens (tertiary/aromatic N) is 1. The van der Waals surface area contributed by atoms with Gasteiger partial charge in [0.2, 0.25) is 5.88 Å². The smallest absolute Gasteiger partial charge is 0.267 e. The summed E-state index contributed by atoms with van der Waals surface area (Å²) in [5, 5.41) is 0. The molecule has 2 rings (SSSR count). The van der Waals surface area contributed by atoms with Gasteiger partial charge in [-0.1, -0.05) is 13.0 Å². The van der Waals surface area contributed by atoms with Crippen LogP contribution in [0.4, 0.5) is 0 Å². The van der Waals surface area contributed by atoms with Crippen molar-refractivity contribution in [2.45, 2.75) is 33.1 Å². The molecule has 0 fully saturated rings. The molecule has 2 heterocycles. The third-order valence-electron chi connectivity index (χ3n) is 3.08. The fourth-order valence-electron chi connectivity index (χ4n) is 2.22. The van der Waals surface area contributed by atoms with E-state index in [2.05, 4.69) is 18.0 Å². The normalized spacial score (nSPS) is 14.9. The van der Waals surface area contributed by atoms with Crippen molar-refractivity contribution in [3.05, 3.63) is 29.0 Å². The fourth-order valence-corrected chi connectivity index (χ4v) is 2.22. The van der Waals surface area contributed by atoms with Crippen LogP contribution in [0.25, 0.3) is 5.57 Å². The largest absolute Gasteiger partial charge is 0.477 e. The predicted octanol–water partition coefficient (Wildman–Crippen LogP) is 2.32. The maximum absolute atomic E-state index is 11.3. The number of aromatic nitrogens is 1. The van der Waals surface area contributed by atoms with E-state index >= 15 is 0 Å². The molecule has 1 aromatic heterocycles. The van der Waals surface area contributed by atoms with Crippen LogP contribution in [0.3, 0.4) is 0 Å². The van der Waals surface area contributed by atoms with E-state index in [1.54, 1.807) is 6.07 Å². The van der Waals surface area contributed by atoms with Crippen molar-refractivity contribution in [2.24, 2.45) is 5.73 Å². The number of primary amides is 1. The number of rotatable bonds is 3. The second kappa shape index (κ2) is 5.21. The standard InChI is InChI=1S/C14H18N2O2/c1-3-5-9(2)11-8-12(13(15)17)16-14-10(11)6-4-7-18-14/h5,8H,3-4,6-7H2,1-2H3,(H2,15,17)/b9-5+. The van der Waals surface area contributed by atoms with Crippen LogP contribution < -0.4 is 10.5 Å². The van der Waals surface area contributed by atoms with E-state index in [1.807, 2.05) is 6.92 Å². The molecule has 4 heteroatoms. The second-order valence-electron chi connectivity index (χ2n) is 4.45. The summed E-state index contributed by atoms with van der Waals surface area (Å²) in [7, 11) is 0. The van der Waals surface area contributed by atoms with Gasteiger partial charge in [-0.25, -0.2) is 4.98 Å². The zero-order valence-corrected chi connectivity index (χ0v) is 10.8. The minimum Gasteiger partial charge on any atom is -0.477 e. The van der Waals surface area contributed by atoms with Crippen LogP contribution in [0.2, 0.25) is 0 Å². The third kappa shape index (κ3) is 2.37. The zero-order valence-electron chi connectivity index (χ0n) is 10.8. The number of hydrogen-bond acceptors (Lipinski definition) is 3. The van der Waals surface area contributed by atoms with Crippen molar-refractivity contribution in [1.82, 2.24) is 4.98 Å². The lowest BCUT2D eigenvalue weighted by Gasteiger charge is -2.20. The van der Waals surface area contributed by atoms with Gasteiger partial charge in [0.15, 0.2) is 0 Å². The molecule has 0 aliphatic carbocycles. The molecule has 1 aromatic rings. The third-order valence-corrected chi connectivity index (χ3v) is 3.08. The van der Waals surface area contributed by atoms with Gasteiger partial charge in [0.25, 0.3) is 5.91 Å². The van der Waals surface area contributed by atoms with Gasteiger partial charge in [-0.05, 0) is 43.4 Å². The summed E-state index contributed by atoms with van der Waals surface area (Å²) < 4.78 is 5.54. The minimum absolute atomic E-state index is 0.273. The number of carbonyl (C=O) groups is 1. The first kappa shape index (κ1) is 12.6. The Bertz CT molecular complexity index is 507. The molecule has 0 saturated heterocycles. The van der Waals surface area contributed by atoms with E-state index in [-0.39, 0.29) is 5.69 Å². The number of amides is 1. The Hall–Kier alpha value is -1.84. The molecule has 0 bridgehead atoms. The highest BCUT2D eigenvalue weighted by atomic mass is 16.5. The Labute approximate surface area is 107 Å². The van der Waals surface area contributed by atoms with Gasteiger partial charge in [0.05, 0.1) is 6.61 Å². The monoisotopic (exact) mass is 246 g/mol. The van der Waals surface area contributed by atoms with Crippen molar-refractivity contribution in [2.75, 3.05) is 6.61 Å². The number of ether oxygens (including phenoxy) is 1. The Kier molecular flexibility index (Phi) is 3.65. The molecule has 18 heavy (non-hydrogen) atoms. The molecule has 4 nitrogen and oxygen atoms in total. The lowest BCUT2D eigenvalue weighted by atomic mass is 9.96. The molecule has 0 spiro atoms. The van der Waals surface area contributed by atoms with Crippen LogP contribution in [0, 0.1) is 0 Å². The van der Waals surface area contributed by atoms with Crippen molar-refractivity contribution in [1.29, 1.82) is 0 Å². The Morgan fingerprint density at radius 1 is 1.61 bits per heavy atom. The van der Waals surface area contributed by atoms with Gasteiger partial charge in [-0.3, -0.25) is 4.79 Å². The highest BCUT2D eigenvalue weighted by molar-refractivity contribution is 5.92. The van der Waals surface area contributed by atoms with Crippen LogP contribution in [-0.2, 0) is 6.42 Å². The van der Waals surface area contributed by atoms with Gasteiger partial charge in [-0.15, -0.1) is 0 Å². The Morgan fingerprint density at radius 2 is 2.39 bits per heavy atom. The van der Waals surface area contributed by atoms with Crippen molar-refractivity contribution < 1.29 is 9.53 Å². The van der Waals surface area contributed by atoms with E-state index < -0.39 is 5.91 Å². The average molecular weight is 246 g/mol. The van der Waals surface area contributed by atoms with E-state index in [9.17, 15) is 4.79 Å². The molecule has 0 unspecified atom stereocenters. The Balaban J connectivity index is 2.58. The summed E-state index contributed by atoms with van der Waals surface area (Å²) in [5.74, 6) is 0.0499. The second-order valence-corrected chi connectivity index (χ2v) is 4.45. The molecule has 2 N–H and O–H groups in total. The summed E-state index contributed by atoms with van der Waals surface area (Å²) in [5.41, 5.74) is 8.86. The number of allylic oxidation sites excluding steroid dienone is 2. The zero-order chi connectivity index (χ0) is 13.1. The van der Waals surface area contributed by atoms with Crippen molar-refractivity contribution >= 4 is 11.5 Å². The topological polar surface area (TPSA) is 65.2 Å². The maximum atomic E-state index is 11.3. The van der Waals surface area contributed by atoms with Crippen LogP contribution in [-0.4, -0.2) is 17.5 Å². The number of pyridine rings is 1. The maximum Gasteiger partial charge on any atom is 0.267 e. The van der Waals surface area contributed by atoms with Gasteiger partial charge in [0.1, 0.15) is 5.69 Å². The van der Waals surface area contributed by atoms with Gasteiger partial charge < -0.3 is 10.5 Å². The van der Waals surface area contributed by atoms with Gasteiger partial charge in [0, 0.05) is 5.56 Å². The van der Waals surface area contributed by atoms with E-state index in [1.165, 1.54) is 0 Å². The fraction of sp³-hybridized carbons (Fsp3) is 0.429. The highest BCUT2D eigenvalue weighted by Crippen LogP contribution is 2.31. The quantitative estimate of drug-likeness (QED) is 0.890. The first-order valence-corrected chi connectivity index (χ1v) is 6.27. The molecule has 0 saturated carbocycles. The molecule has 1 aliphatic heterocycles. The molecule has 0 aromatic carbocycles. The molecule has 0 atom stereocenters. The summed E-state index contributed by atoms with van der Waals surface area (Å²) in [6.07, 6.45) is 5.01. The number of fused-ring (bicyclic) bond motifs is 1. The molecular weight excluding hydrogens is 228 g/mol. The predicted molar refractivity (Wildman–Crippen MR) is 70.5 cm³/mol. The Morgan fingerprint density at radius 3 is 3.06 bits per heavy atom. The van der Waals surface area contributed by atoms with Gasteiger partial charge >= 0.3 is 0 Å². The molecule has 96 valence electrons. The van der Waals surface area contributed by atoms with Crippen LogP contribution in [0.1, 0.15) is 48.3 Å². The molecule has 1 aliphatic rings.